The van der Waals surface area contributed by atoms with Gasteiger partial charge in [0.15, 0.2) is 0 Å². The maximum Gasteiger partial charge on any atom is 0.0713 e. The molecule has 1 fully saturated rings. The van der Waals surface area contributed by atoms with E-state index in [4.69, 9.17) is 0 Å². The second kappa shape index (κ2) is 10.2. The van der Waals surface area contributed by atoms with Gasteiger partial charge in [-0.1, -0.05) is 150 Å². The summed E-state index contributed by atoms with van der Waals surface area (Å²) in [5.74, 6) is 0.631. The van der Waals surface area contributed by atoms with Crippen LogP contribution in [0.4, 0.5) is 0 Å². The summed E-state index contributed by atoms with van der Waals surface area (Å²) in [6, 6.07) is 51.4. The van der Waals surface area contributed by atoms with E-state index in [9.17, 15) is 0 Å². The highest BCUT2D eigenvalue weighted by molar-refractivity contribution is 5.88. The van der Waals surface area contributed by atoms with Gasteiger partial charge < -0.3 is 0 Å². The average molecular weight is 593 g/mol. The van der Waals surface area contributed by atoms with Crippen LogP contribution in [0, 0.1) is 26.7 Å². The van der Waals surface area contributed by atoms with Crippen LogP contribution in [0.3, 0.4) is 0 Å². The van der Waals surface area contributed by atoms with Gasteiger partial charge in [0.25, 0.3) is 0 Å². The molecule has 6 aromatic carbocycles. The number of hydrogen-bond donors (Lipinski definition) is 0. The highest BCUT2D eigenvalue weighted by Gasteiger charge is 2.49. The number of fused-ring (bicyclic) bond motifs is 8. The number of hydrogen-bond acceptors (Lipinski definition) is 0. The van der Waals surface area contributed by atoms with E-state index in [-0.39, 0.29) is 10.8 Å². The van der Waals surface area contributed by atoms with Crippen LogP contribution < -0.4 is 0 Å². The number of aryl methyl sites for hydroxylation is 3. The molecule has 0 N–H and O–H groups in total. The van der Waals surface area contributed by atoms with E-state index in [1.165, 1.54) is 86.0 Å². The van der Waals surface area contributed by atoms with Crippen molar-refractivity contribution in [1.82, 2.24) is 0 Å². The van der Waals surface area contributed by atoms with Gasteiger partial charge in [0.1, 0.15) is 0 Å². The topological polar surface area (TPSA) is 0 Å². The fourth-order valence-corrected chi connectivity index (χ4v) is 9.66. The molecular formula is C46H40. The predicted molar refractivity (Wildman–Crippen MR) is 192 cm³/mol. The highest BCUT2D eigenvalue weighted by atomic mass is 14.5. The standard InChI is InChI=1S/C46H40/c1-30-15-20-35(21-16-30)46(36-22-17-31(2)18-23-36)41-13-7-5-11-39(41)44-34(9-8-14-42(44)46)28-33-25-26-45(29-33)40-12-6-4-10-37(40)38-24-19-32(3)27-43(38)45/h4-24,27,33H,25-26,28-29H2,1-3H3. The molecule has 6 aromatic rings. The van der Waals surface area contributed by atoms with Crippen LogP contribution in [0.1, 0.15) is 74.9 Å². The van der Waals surface area contributed by atoms with Gasteiger partial charge in [0.2, 0.25) is 0 Å². The fourth-order valence-electron chi connectivity index (χ4n) is 9.66. The molecule has 0 radical (unpaired) electrons. The van der Waals surface area contributed by atoms with Crippen molar-refractivity contribution in [3.05, 3.63) is 189 Å². The third-order valence-electron chi connectivity index (χ3n) is 11.7. The largest absolute Gasteiger partial charge is 0.0713 e. The summed E-state index contributed by atoms with van der Waals surface area (Å²) in [6.45, 7) is 6.63. The van der Waals surface area contributed by atoms with Crippen molar-refractivity contribution < 1.29 is 0 Å². The van der Waals surface area contributed by atoms with Crippen LogP contribution in [0.2, 0.25) is 0 Å². The summed E-state index contributed by atoms with van der Waals surface area (Å²) < 4.78 is 0. The third-order valence-corrected chi connectivity index (χ3v) is 11.7. The molecule has 0 heteroatoms. The summed E-state index contributed by atoms with van der Waals surface area (Å²) in [7, 11) is 0. The molecule has 3 aliphatic carbocycles. The van der Waals surface area contributed by atoms with E-state index >= 15 is 0 Å². The van der Waals surface area contributed by atoms with Gasteiger partial charge in [0, 0.05) is 5.41 Å². The van der Waals surface area contributed by atoms with Crippen LogP contribution in [0.25, 0.3) is 22.3 Å². The van der Waals surface area contributed by atoms with Gasteiger partial charge in [-0.3, -0.25) is 0 Å². The zero-order chi connectivity index (χ0) is 31.0. The van der Waals surface area contributed by atoms with E-state index in [1.807, 2.05) is 0 Å². The van der Waals surface area contributed by atoms with Crippen molar-refractivity contribution in [3.8, 4) is 22.3 Å². The summed E-state index contributed by atoms with van der Waals surface area (Å²) in [4.78, 5) is 0. The Hall–Kier alpha value is -4.68. The van der Waals surface area contributed by atoms with E-state index in [0.717, 1.165) is 6.42 Å². The maximum absolute atomic E-state index is 2.49. The lowest BCUT2D eigenvalue weighted by Crippen LogP contribution is -2.28. The minimum atomic E-state index is -0.346. The lowest BCUT2D eigenvalue weighted by Gasteiger charge is -2.34. The van der Waals surface area contributed by atoms with Crippen molar-refractivity contribution in [2.24, 2.45) is 5.92 Å². The molecule has 2 unspecified atom stereocenters. The molecule has 46 heavy (non-hydrogen) atoms. The third kappa shape index (κ3) is 3.80. The molecule has 0 nitrogen and oxygen atoms in total. The minimum absolute atomic E-state index is 0.131. The Balaban J connectivity index is 1.19. The average Bonchev–Trinajstić information content (AvgIpc) is 3.72. The van der Waals surface area contributed by atoms with E-state index < -0.39 is 0 Å². The molecule has 1 saturated carbocycles. The normalized spacial score (nSPS) is 19.9. The highest BCUT2D eigenvalue weighted by Crippen LogP contribution is 2.60. The molecular weight excluding hydrogens is 553 g/mol. The Bertz CT molecular complexity index is 2080. The van der Waals surface area contributed by atoms with Crippen molar-refractivity contribution in [2.45, 2.75) is 57.3 Å². The van der Waals surface area contributed by atoms with Crippen molar-refractivity contribution in [1.29, 1.82) is 0 Å². The van der Waals surface area contributed by atoms with E-state index in [2.05, 4.69) is 154 Å². The second-order valence-electron chi connectivity index (χ2n) is 14.4. The lowest BCUT2D eigenvalue weighted by atomic mass is 9.67. The SMILES string of the molecule is Cc1ccc(C2(c3ccc(C)cc3)c3ccccc3-c3c(CC4CCC5(C4)c4ccccc4-c4ccc(C)cc45)cccc32)cc1. The Labute approximate surface area is 273 Å². The first kappa shape index (κ1) is 27.6. The zero-order valence-corrected chi connectivity index (χ0v) is 27.1. The monoisotopic (exact) mass is 592 g/mol. The molecule has 0 heterocycles. The van der Waals surface area contributed by atoms with E-state index in [0.29, 0.717) is 5.92 Å². The molecule has 224 valence electrons. The van der Waals surface area contributed by atoms with Gasteiger partial charge in [0.05, 0.1) is 5.41 Å². The molecule has 3 aliphatic rings. The van der Waals surface area contributed by atoms with Crippen molar-refractivity contribution in [2.75, 3.05) is 0 Å². The molecule has 9 rings (SSSR count). The van der Waals surface area contributed by atoms with Crippen LogP contribution in [-0.2, 0) is 17.3 Å². The van der Waals surface area contributed by atoms with Crippen LogP contribution >= 0.6 is 0 Å². The van der Waals surface area contributed by atoms with Crippen LogP contribution in [0.15, 0.2) is 133 Å². The van der Waals surface area contributed by atoms with Gasteiger partial charge in [-0.25, -0.2) is 0 Å². The van der Waals surface area contributed by atoms with Crippen LogP contribution in [-0.4, -0.2) is 0 Å². The summed E-state index contributed by atoms with van der Waals surface area (Å²) >= 11 is 0. The van der Waals surface area contributed by atoms with Gasteiger partial charge in [-0.15, -0.1) is 0 Å². The maximum atomic E-state index is 2.49. The first-order valence-corrected chi connectivity index (χ1v) is 17.1. The first-order chi connectivity index (χ1) is 22.5. The molecule has 2 atom stereocenters. The quantitative estimate of drug-likeness (QED) is 0.191. The first-order valence-electron chi connectivity index (χ1n) is 17.1. The van der Waals surface area contributed by atoms with Crippen molar-refractivity contribution >= 4 is 0 Å². The van der Waals surface area contributed by atoms with Crippen LogP contribution in [0.5, 0.6) is 0 Å². The summed E-state index contributed by atoms with van der Waals surface area (Å²) in [6.07, 6.45) is 4.81. The molecule has 0 saturated heterocycles. The fraction of sp³-hybridized carbons (Fsp3) is 0.217. The summed E-state index contributed by atoms with van der Waals surface area (Å²) in [5.41, 5.74) is 19.7. The van der Waals surface area contributed by atoms with Gasteiger partial charge in [-0.05, 0) is 114 Å². The Kier molecular flexibility index (Phi) is 6.10. The minimum Gasteiger partial charge on any atom is -0.0619 e. The molecule has 0 aliphatic heterocycles. The number of rotatable bonds is 4. The predicted octanol–water partition coefficient (Wildman–Crippen LogP) is 11.3. The second-order valence-corrected chi connectivity index (χ2v) is 14.4. The molecule has 1 spiro atoms. The molecule has 0 aromatic heterocycles. The lowest BCUT2D eigenvalue weighted by molar-refractivity contribution is 0.487. The number of benzene rings is 6. The summed E-state index contributed by atoms with van der Waals surface area (Å²) in [5, 5.41) is 0. The Morgan fingerprint density at radius 3 is 1.83 bits per heavy atom. The molecule has 0 amide bonds. The zero-order valence-electron chi connectivity index (χ0n) is 27.1. The Morgan fingerprint density at radius 1 is 0.522 bits per heavy atom. The van der Waals surface area contributed by atoms with E-state index in [1.54, 1.807) is 11.1 Å². The molecule has 0 bridgehead atoms. The van der Waals surface area contributed by atoms with Gasteiger partial charge >= 0.3 is 0 Å². The van der Waals surface area contributed by atoms with Crippen molar-refractivity contribution in [3.63, 3.8) is 0 Å². The smallest absolute Gasteiger partial charge is 0.0619 e. The van der Waals surface area contributed by atoms with Gasteiger partial charge in [-0.2, -0.15) is 0 Å². The Morgan fingerprint density at radius 2 is 1.11 bits per heavy atom.